The van der Waals surface area contributed by atoms with Crippen LogP contribution in [0, 0.1) is 0 Å². The Kier molecular flexibility index (Phi) is 4.79. The fourth-order valence-corrected chi connectivity index (χ4v) is 1.71. The van der Waals surface area contributed by atoms with Crippen molar-refractivity contribution in [3.63, 3.8) is 0 Å². The van der Waals surface area contributed by atoms with E-state index in [0.717, 1.165) is 12.8 Å². The first kappa shape index (κ1) is 16.0. The fourth-order valence-electron chi connectivity index (χ4n) is 1.71. The van der Waals surface area contributed by atoms with E-state index in [1.807, 2.05) is 6.92 Å². The van der Waals surface area contributed by atoms with E-state index in [-0.39, 0.29) is 11.7 Å². The van der Waals surface area contributed by atoms with Gasteiger partial charge in [-0.2, -0.15) is 18.2 Å². The van der Waals surface area contributed by atoms with Gasteiger partial charge in [-0.25, -0.2) is 0 Å². The van der Waals surface area contributed by atoms with Crippen molar-refractivity contribution in [2.45, 2.75) is 25.9 Å². The molecule has 0 aliphatic carbocycles. The van der Waals surface area contributed by atoms with Crippen molar-refractivity contribution in [3.8, 4) is 11.4 Å². The predicted molar refractivity (Wildman–Crippen MR) is 72.0 cm³/mol. The molecule has 2 aromatic rings. The van der Waals surface area contributed by atoms with Crippen molar-refractivity contribution in [3.05, 3.63) is 35.7 Å². The van der Waals surface area contributed by atoms with Gasteiger partial charge in [0.05, 0.1) is 0 Å². The summed E-state index contributed by atoms with van der Waals surface area (Å²) in [7, 11) is 0. The second-order valence-corrected chi connectivity index (χ2v) is 4.61. The summed E-state index contributed by atoms with van der Waals surface area (Å²) in [5, 5.41) is 6.03. The number of aromatic nitrogens is 2. The van der Waals surface area contributed by atoms with Gasteiger partial charge in [0.2, 0.25) is 5.82 Å². The van der Waals surface area contributed by atoms with Crippen LogP contribution in [0.3, 0.4) is 0 Å². The summed E-state index contributed by atoms with van der Waals surface area (Å²) < 4.78 is 41.3. The van der Waals surface area contributed by atoms with E-state index < -0.39 is 12.1 Å². The quantitative estimate of drug-likeness (QED) is 0.860. The number of nitrogens with one attached hydrogen (secondary N) is 1. The van der Waals surface area contributed by atoms with Crippen LogP contribution in [0.15, 0.2) is 28.8 Å². The number of carbonyl (C=O) groups excluding carboxylic acids is 1. The number of hydrogen-bond acceptors (Lipinski definition) is 4. The molecule has 2 rings (SSSR count). The molecule has 1 aromatic carbocycles. The Morgan fingerprint density at radius 3 is 2.50 bits per heavy atom. The Morgan fingerprint density at radius 2 is 1.95 bits per heavy atom. The molecule has 0 unspecified atom stereocenters. The summed E-state index contributed by atoms with van der Waals surface area (Å²) in [6.45, 7) is 2.60. The number of carbonyl (C=O) groups is 1. The predicted octanol–water partition coefficient (Wildman–Crippen LogP) is 3.29. The summed E-state index contributed by atoms with van der Waals surface area (Å²) in [5.41, 5.74) is 0.753. The Balaban J connectivity index is 2.08. The van der Waals surface area contributed by atoms with Crippen molar-refractivity contribution >= 4 is 5.91 Å². The van der Waals surface area contributed by atoms with Crippen molar-refractivity contribution < 1.29 is 22.5 Å². The summed E-state index contributed by atoms with van der Waals surface area (Å²) in [6, 6.07) is 5.94. The van der Waals surface area contributed by atoms with Gasteiger partial charge < -0.3 is 9.84 Å². The van der Waals surface area contributed by atoms with Gasteiger partial charge in [-0.1, -0.05) is 30.6 Å². The lowest BCUT2D eigenvalue weighted by Crippen LogP contribution is -2.24. The zero-order valence-electron chi connectivity index (χ0n) is 11.8. The van der Waals surface area contributed by atoms with E-state index in [0.29, 0.717) is 17.7 Å². The van der Waals surface area contributed by atoms with Gasteiger partial charge in [0.1, 0.15) is 0 Å². The lowest BCUT2D eigenvalue weighted by atomic mass is 10.1. The molecular weight excluding hydrogens is 299 g/mol. The van der Waals surface area contributed by atoms with Crippen molar-refractivity contribution in [2.75, 3.05) is 6.54 Å². The zero-order valence-corrected chi connectivity index (χ0v) is 11.8. The van der Waals surface area contributed by atoms with E-state index in [4.69, 9.17) is 0 Å². The highest BCUT2D eigenvalue weighted by atomic mass is 19.4. The molecule has 1 N–H and O–H groups in total. The highest BCUT2D eigenvalue weighted by Crippen LogP contribution is 2.29. The number of halogens is 3. The maximum Gasteiger partial charge on any atom is 0.471 e. The van der Waals surface area contributed by atoms with Gasteiger partial charge in [0.25, 0.3) is 5.91 Å². The first-order valence-corrected chi connectivity index (χ1v) is 6.71. The summed E-state index contributed by atoms with van der Waals surface area (Å²) in [5.74, 6) is -1.81. The molecule has 1 heterocycles. The van der Waals surface area contributed by atoms with Gasteiger partial charge in [0, 0.05) is 17.7 Å². The topological polar surface area (TPSA) is 68.0 Å². The molecule has 0 radical (unpaired) electrons. The van der Waals surface area contributed by atoms with Gasteiger partial charge in [-0.15, -0.1) is 0 Å². The maximum absolute atomic E-state index is 12.4. The normalized spacial score (nSPS) is 11.5. The van der Waals surface area contributed by atoms with Crippen LogP contribution in [0.2, 0.25) is 0 Å². The van der Waals surface area contributed by atoms with E-state index in [1.54, 1.807) is 0 Å². The SMILES string of the molecule is CCCCNC(=O)c1ccc(-c2noc(C(F)(F)F)n2)cc1. The van der Waals surface area contributed by atoms with E-state index in [2.05, 4.69) is 20.0 Å². The van der Waals surface area contributed by atoms with Gasteiger partial charge in [-0.3, -0.25) is 4.79 Å². The second kappa shape index (κ2) is 6.59. The molecule has 0 saturated heterocycles. The molecule has 0 aliphatic heterocycles. The average Bonchev–Trinajstić information content (AvgIpc) is 2.97. The van der Waals surface area contributed by atoms with Crippen LogP contribution in [0.4, 0.5) is 13.2 Å². The molecule has 0 spiro atoms. The minimum absolute atomic E-state index is 0.176. The lowest BCUT2D eigenvalue weighted by molar-refractivity contribution is -0.159. The molecule has 1 aromatic heterocycles. The molecule has 0 aliphatic rings. The average molecular weight is 313 g/mol. The van der Waals surface area contributed by atoms with Crippen LogP contribution in [0.5, 0.6) is 0 Å². The van der Waals surface area contributed by atoms with E-state index >= 15 is 0 Å². The Bertz CT molecular complexity index is 636. The highest BCUT2D eigenvalue weighted by molar-refractivity contribution is 5.94. The van der Waals surface area contributed by atoms with Crippen LogP contribution >= 0.6 is 0 Å². The minimum Gasteiger partial charge on any atom is -0.352 e. The Labute approximate surface area is 124 Å². The lowest BCUT2D eigenvalue weighted by Gasteiger charge is -2.04. The standard InChI is InChI=1S/C14H14F3N3O2/c1-2-3-8-18-12(21)10-6-4-9(5-7-10)11-19-13(22-20-11)14(15,16)17/h4-7H,2-3,8H2,1H3,(H,18,21). The highest BCUT2D eigenvalue weighted by Gasteiger charge is 2.38. The molecule has 22 heavy (non-hydrogen) atoms. The first-order chi connectivity index (χ1) is 10.4. The van der Waals surface area contributed by atoms with Crippen LogP contribution < -0.4 is 5.32 Å². The Morgan fingerprint density at radius 1 is 1.27 bits per heavy atom. The smallest absolute Gasteiger partial charge is 0.352 e. The molecule has 5 nitrogen and oxygen atoms in total. The molecule has 0 atom stereocenters. The van der Waals surface area contributed by atoms with Gasteiger partial charge in [0.15, 0.2) is 0 Å². The minimum atomic E-state index is -4.68. The number of unbranched alkanes of at least 4 members (excludes halogenated alkanes) is 1. The molecule has 118 valence electrons. The van der Waals surface area contributed by atoms with Crippen LogP contribution in [0.1, 0.15) is 36.0 Å². The molecule has 8 heteroatoms. The second-order valence-electron chi connectivity index (χ2n) is 4.61. The largest absolute Gasteiger partial charge is 0.471 e. The Hall–Kier alpha value is -2.38. The third kappa shape index (κ3) is 3.84. The van der Waals surface area contributed by atoms with Gasteiger partial charge >= 0.3 is 12.1 Å². The van der Waals surface area contributed by atoms with Crippen LogP contribution in [-0.2, 0) is 6.18 Å². The van der Waals surface area contributed by atoms with Crippen molar-refractivity contribution in [1.29, 1.82) is 0 Å². The number of benzene rings is 1. The molecule has 0 fully saturated rings. The zero-order chi connectivity index (χ0) is 16.2. The molecule has 0 saturated carbocycles. The third-order valence-electron chi connectivity index (χ3n) is 2.89. The van der Waals surface area contributed by atoms with Crippen LogP contribution in [-0.4, -0.2) is 22.6 Å². The third-order valence-corrected chi connectivity index (χ3v) is 2.89. The molecular formula is C14H14F3N3O2. The molecule has 0 bridgehead atoms. The number of nitrogens with zero attached hydrogens (tertiary/aromatic N) is 2. The van der Waals surface area contributed by atoms with E-state index in [9.17, 15) is 18.0 Å². The van der Waals surface area contributed by atoms with Crippen molar-refractivity contribution in [1.82, 2.24) is 15.5 Å². The van der Waals surface area contributed by atoms with Gasteiger partial charge in [-0.05, 0) is 18.6 Å². The summed E-state index contributed by atoms with van der Waals surface area (Å²) in [6.07, 6.45) is -2.82. The summed E-state index contributed by atoms with van der Waals surface area (Å²) in [4.78, 5) is 15.1. The number of hydrogen-bond donors (Lipinski definition) is 1. The van der Waals surface area contributed by atoms with E-state index in [1.165, 1.54) is 24.3 Å². The fraction of sp³-hybridized carbons (Fsp3) is 0.357. The molecule has 1 amide bonds. The number of amides is 1. The number of alkyl halides is 3. The summed E-state index contributed by atoms with van der Waals surface area (Å²) >= 11 is 0. The maximum atomic E-state index is 12.4. The first-order valence-electron chi connectivity index (χ1n) is 6.71. The van der Waals surface area contributed by atoms with Crippen LogP contribution in [0.25, 0.3) is 11.4 Å². The number of rotatable bonds is 5. The monoisotopic (exact) mass is 313 g/mol. The van der Waals surface area contributed by atoms with Crippen molar-refractivity contribution in [2.24, 2.45) is 0 Å².